The summed E-state index contributed by atoms with van der Waals surface area (Å²) < 4.78 is 14.3. The molecular formula is C12H7Br2FN2O. The molecule has 2 aromatic rings. The maximum atomic E-state index is 13.2. The van der Waals surface area contributed by atoms with Gasteiger partial charge < -0.3 is 5.32 Å². The lowest BCUT2D eigenvalue weighted by atomic mass is 10.2. The van der Waals surface area contributed by atoms with Gasteiger partial charge in [0.2, 0.25) is 0 Å². The van der Waals surface area contributed by atoms with Gasteiger partial charge in [-0.1, -0.05) is 15.9 Å². The predicted molar refractivity (Wildman–Crippen MR) is 74.0 cm³/mol. The molecule has 6 heteroatoms. The van der Waals surface area contributed by atoms with Gasteiger partial charge in [-0.3, -0.25) is 4.79 Å². The number of halogens is 3. The number of benzene rings is 1. The highest BCUT2D eigenvalue weighted by atomic mass is 79.9. The van der Waals surface area contributed by atoms with Gasteiger partial charge in [-0.25, -0.2) is 9.37 Å². The van der Waals surface area contributed by atoms with Crippen LogP contribution in [0.5, 0.6) is 0 Å². The third-order valence-electron chi connectivity index (χ3n) is 2.11. The van der Waals surface area contributed by atoms with Gasteiger partial charge in [0.05, 0.1) is 11.9 Å². The van der Waals surface area contributed by atoms with Crippen LogP contribution in [0.15, 0.2) is 45.6 Å². The quantitative estimate of drug-likeness (QED) is 0.808. The molecule has 3 nitrogen and oxygen atoms in total. The van der Waals surface area contributed by atoms with Gasteiger partial charge in [0.25, 0.3) is 5.91 Å². The van der Waals surface area contributed by atoms with Crippen LogP contribution in [0, 0.1) is 5.82 Å². The maximum absolute atomic E-state index is 13.2. The van der Waals surface area contributed by atoms with Crippen LogP contribution in [0.25, 0.3) is 0 Å². The number of anilines is 1. The molecule has 0 saturated carbocycles. The first-order valence-electron chi connectivity index (χ1n) is 4.93. The van der Waals surface area contributed by atoms with Gasteiger partial charge in [0.15, 0.2) is 0 Å². The second-order valence-electron chi connectivity index (χ2n) is 3.48. The van der Waals surface area contributed by atoms with Crippen LogP contribution in [-0.2, 0) is 0 Å². The number of hydrogen-bond acceptors (Lipinski definition) is 2. The number of amides is 1. The van der Waals surface area contributed by atoms with Crippen LogP contribution < -0.4 is 5.32 Å². The van der Waals surface area contributed by atoms with Crippen molar-refractivity contribution in [2.45, 2.75) is 0 Å². The Bertz CT molecular complexity index is 567. The summed E-state index contributed by atoms with van der Waals surface area (Å²) in [5.74, 6) is -0.859. The molecule has 0 aliphatic heterocycles. The summed E-state index contributed by atoms with van der Waals surface area (Å²) in [5.41, 5.74) is 0.786. The third kappa shape index (κ3) is 3.36. The zero-order valence-corrected chi connectivity index (χ0v) is 12.1. The average Bonchev–Trinajstić information content (AvgIpc) is 2.31. The number of rotatable bonds is 2. The minimum absolute atomic E-state index is 0.241. The van der Waals surface area contributed by atoms with E-state index in [9.17, 15) is 9.18 Å². The fraction of sp³-hybridized carbons (Fsp3) is 0. The summed E-state index contributed by atoms with van der Waals surface area (Å²) >= 11 is 6.33. The summed E-state index contributed by atoms with van der Waals surface area (Å²) in [6, 6.07) is 7.41. The van der Waals surface area contributed by atoms with Crippen molar-refractivity contribution in [1.82, 2.24) is 4.98 Å². The minimum Gasteiger partial charge on any atom is -0.321 e. The third-order valence-corrected chi connectivity index (χ3v) is 3.04. The molecule has 1 amide bonds. The molecular weight excluding hydrogens is 367 g/mol. The Balaban J connectivity index is 2.19. The second kappa shape index (κ2) is 5.58. The van der Waals surface area contributed by atoms with Gasteiger partial charge in [-0.15, -0.1) is 0 Å². The van der Waals surface area contributed by atoms with E-state index in [2.05, 4.69) is 42.2 Å². The lowest BCUT2D eigenvalue weighted by Gasteiger charge is -2.05. The molecule has 1 heterocycles. The van der Waals surface area contributed by atoms with Crippen molar-refractivity contribution in [1.29, 1.82) is 0 Å². The highest BCUT2D eigenvalue weighted by molar-refractivity contribution is 9.10. The van der Waals surface area contributed by atoms with Gasteiger partial charge in [0, 0.05) is 10.0 Å². The number of carbonyl (C=O) groups is 1. The Morgan fingerprint density at radius 2 is 2.00 bits per heavy atom. The molecule has 0 aliphatic rings. The minimum atomic E-state index is -0.469. The Labute approximate surface area is 120 Å². The Morgan fingerprint density at radius 1 is 1.22 bits per heavy atom. The van der Waals surface area contributed by atoms with Crippen LogP contribution in [0.1, 0.15) is 10.4 Å². The molecule has 1 N–H and O–H groups in total. The van der Waals surface area contributed by atoms with E-state index in [1.165, 1.54) is 18.3 Å². The summed E-state index contributed by atoms with van der Waals surface area (Å²) in [7, 11) is 0. The van der Waals surface area contributed by atoms with E-state index in [0.29, 0.717) is 14.8 Å². The highest BCUT2D eigenvalue weighted by Crippen LogP contribution is 2.17. The molecule has 2 rings (SSSR count). The normalized spacial score (nSPS) is 10.2. The van der Waals surface area contributed by atoms with Gasteiger partial charge in [-0.05, 0) is 46.3 Å². The van der Waals surface area contributed by atoms with E-state index in [-0.39, 0.29) is 11.5 Å². The first-order chi connectivity index (χ1) is 8.54. The molecule has 1 aromatic heterocycles. The van der Waals surface area contributed by atoms with Crippen LogP contribution in [-0.4, -0.2) is 10.9 Å². The standard InChI is InChI=1S/C12H7Br2FN2O/c13-8-3-7(4-9(15)5-8)12(18)17-10-1-2-11(14)16-6-10/h1-6H,(H,17,18). The van der Waals surface area contributed by atoms with E-state index in [4.69, 9.17) is 0 Å². The molecule has 0 bridgehead atoms. The molecule has 0 fully saturated rings. The number of pyridine rings is 1. The van der Waals surface area contributed by atoms with Crippen LogP contribution in [0.4, 0.5) is 10.1 Å². The molecule has 92 valence electrons. The monoisotopic (exact) mass is 372 g/mol. The largest absolute Gasteiger partial charge is 0.321 e. The fourth-order valence-electron chi connectivity index (χ4n) is 1.34. The number of carbonyl (C=O) groups excluding carboxylic acids is 1. The lowest BCUT2D eigenvalue weighted by molar-refractivity contribution is 0.102. The van der Waals surface area contributed by atoms with Crippen molar-refractivity contribution in [2.24, 2.45) is 0 Å². The SMILES string of the molecule is O=C(Nc1ccc(Br)nc1)c1cc(F)cc(Br)c1. The summed E-state index contributed by atoms with van der Waals surface area (Å²) in [6.45, 7) is 0. The van der Waals surface area contributed by atoms with Crippen molar-refractivity contribution in [3.8, 4) is 0 Å². The van der Waals surface area contributed by atoms with Crippen LogP contribution in [0.2, 0.25) is 0 Å². The van der Waals surface area contributed by atoms with Crippen molar-refractivity contribution in [2.75, 3.05) is 5.32 Å². The molecule has 0 unspecified atom stereocenters. The Morgan fingerprint density at radius 3 is 2.61 bits per heavy atom. The van der Waals surface area contributed by atoms with Gasteiger partial charge >= 0.3 is 0 Å². The van der Waals surface area contributed by atoms with Crippen molar-refractivity contribution in [3.63, 3.8) is 0 Å². The Hall–Kier alpha value is -1.27. The number of nitrogens with zero attached hydrogens (tertiary/aromatic N) is 1. The molecule has 1 aromatic carbocycles. The number of hydrogen-bond donors (Lipinski definition) is 1. The molecule has 0 saturated heterocycles. The molecule has 0 radical (unpaired) electrons. The molecule has 0 aliphatic carbocycles. The number of nitrogens with one attached hydrogen (secondary N) is 1. The first-order valence-corrected chi connectivity index (χ1v) is 6.52. The number of aromatic nitrogens is 1. The van der Waals surface area contributed by atoms with E-state index >= 15 is 0 Å². The van der Waals surface area contributed by atoms with Gasteiger partial charge in [-0.2, -0.15) is 0 Å². The first kappa shape index (κ1) is 13.2. The smallest absolute Gasteiger partial charge is 0.255 e. The average molecular weight is 374 g/mol. The van der Waals surface area contributed by atoms with Gasteiger partial charge in [0.1, 0.15) is 10.4 Å². The molecule has 18 heavy (non-hydrogen) atoms. The fourth-order valence-corrected chi connectivity index (χ4v) is 2.04. The van der Waals surface area contributed by atoms with Crippen molar-refractivity contribution < 1.29 is 9.18 Å². The van der Waals surface area contributed by atoms with E-state index in [1.807, 2.05) is 0 Å². The topological polar surface area (TPSA) is 42.0 Å². The van der Waals surface area contributed by atoms with E-state index in [0.717, 1.165) is 0 Å². The van der Waals surface area contributed by atoms with Crippen LogP contribution in [0.3, 0.4) is 0 Å². The van der Waals surface area contributed by atoms with E-state index < -0.39 is 5.82 Å². The Kier molecular flexibility index (Phi) is 4.08. The highest BCUT2D eigenvalue weighted by Gasteiger charge is 2.08. The second-order valence-corrected chi connectivity index (χ2v) is 5.21. The van der Waals surface area contributed by atoms with Crippen molar-refractivity contribution in [3.05, 3.63) is 57.0 Å². The molecule has 0 atom stereocenters. The zero-order valence-electron chi connectivity index (χ0n) is 8.95. The zero-order chi connectivity index (χ0) is 13.1. The van der Waals surface area contributed by atoms with E-state index in [1.54, 1.807) is 18.2 Å². The summed E-state index contributed by atoms with van der Waals surface area (Å²) in [4.78, 5) is 15.8. The summed E-state index contributed by atoms with van der Waals surface area (Å²) in [5, 5.41) is 2.63. The van der Waals surface area contributed by atoms with Crippen molar-refractivity contribution >= 4 is 43.5 Å². The maximum Gasteiger partial charge on any atom is 0.255 e. The summed E-state index contributed by atoms with van der Waals surface area (Å²) in [6.07, 6.45) is 1.51. The lowest BCUT2D eigenvalue weighted by Crippen LogP contribution is -2.12. The van der Waals surface area contributed by atoms with Crippen LogP contribution >= 0.6 is 31.9 Å². The molecule has 0 spiro atoms. The predicted octanol–water partition coefficient (Wildman–Crippen LogP) is 4.00.